The number of fused-ring (bicyclic) bond motifs is 5. The summed E-state index contributed by atoms with van der Waals surface area (Å²) in [5.74, 6) is 2.10. The molecular formula is C28H22O4. The molecule has 0 fully saturated rings. The van der Waals surface area contributed by atoms with E-state index in [4.69, 9.17) is 13.9 Å². The van der Waals surface area contributed by atoms with Crippen molar-refractivity contribution in [1.82, 2.24) is 0 Å². The molecule has 2 aliphatic rings. The van der Waals surface area contributed by atoms with Gasteiger partial charge in [0.15, 0.2) is 5.60 Å². The second-order valence-corrected chi connectivity index (χ2v) is 9.11. The van der Waals surface area contributed by atoms with Gasteiger partial charge in [-0.05, 0) is 18.2 Å². The van der Waals surface area contributed by atoms with Gasteiger partial charge in [-0.15, -0.1) is 0 Å². The summed E-state index contributed by atoms with van der Waals surface area (Å²) < 4.78 is 18.8. The highest BCUT2D eigenvalue weighted by Crippen LogP contribution is 2.54. The van der Waals surface area contributed by atoms with E-state index in [0.29, 0.717) is 23.3 Å². The molecule has 1 spiro atoms. The molecule has 4 aromatic rings. The molecular weight excluding hydrogens is 400 g/mol. The van der Waals surface area contributed by atoms with E-state index in [1.54, 1.807) is 6.07 Å². The highest BCUT2D eigenvalue weighted by Gasteiger charge is 2.50. The molecule has 0 amide bonds. The van der Waals surface area contributed by atoms with Crippen molar-refractivity contribution in [2.75, 3.05) is 0 Å². The second-order valence-electron chi connectivity index (χ2n) is 9.11. The lowest BCUT2D eigenvalue weighted by Crippen LogP contribution is -2.46. The molecule has 1 aromatic heterocycles. The molecule has 4 nitrogen and oxygen atoms in total. The minimum absolute atomic E-state index is 0.342. The van der Waals surface area contributed by atoms with Gasteiger partial charge in [0.2, 0.25) is 0 Å². The Hall–Kier alpha value is -3.79. The number of benzene rings is 3. The highest BCUT2D eigenvalue weighted by atomic mass is 16.5. The Morgan fingerprint density at radius 1 is 0.844 bits per heavy atom. The summed E-state index contributed by atoms with van der Waals surface area (Å²) in [7, 11) is 0. The van der Waals surface area contributed by atoms with Crippen LogP contribution < -0.4 is 15.1 Å². The maximum Gasteiger partial charge on any atom is 0.343 e. The van der Waals surface area contributed by atoms with Gasteiger partial charge in [0.25, 0.3) is 0 Å². The largest absolute Gasteiger partial charge is 0.477 e. The normalized spacial score (nSPS) is 20.6. The molecule has 3 aromatic carbocycles. The minimum atomic E-state index is -0.785. The molecule has 1 unspecified atom stereocenters. The molecule has 0 saturated carbocycles. The van der Waals surface area contributed by atoms with Crippen molar-refractivity contribution in [3.05, 3.63) is 112 Å². The van der Waals surface area contributed by atoms with Crippen LogP contribution >= 0.6 is 0 Å². The zero-order chi connectivity index (χ0) is 21.9. The maximum atomic E-state index is 13.0. The van der Waals surface area contributed by atoms with Crippen molar-refractivity contribution >= 4 is 16.7 Å². The number of hydrogen-bond acceptors (Lipinski definition) is 4. The van der Waals surface area contributed by atoms with E-state index in [-0.39, 0.29) is 5.63 Å². The molecule has 4 heteroatoms. The fourth-order valence-corrected chi connectivity index (χ4v) is 5.09. The van der Waals surface area contributed by atoms with Gasteiger partial charge in [-0.1, -0.05) is 74.5 Å². The quantitative estimate of drug-likeness (QED) is 0.344. The first kappa shape index (κ1) is 18.9. The summed E-state index contributed by atoms with van der Waals surface area (Å²) in [5, 5.41) is 0.799. The van der Waals surface area contributed by atoms with Crippen molar-refractivity contribution in [3.63, 3.8) is 0 Å². The lowest BCUT2D eigenvalue weighted by Gasteiger charge is -2.46. The topological polar surface area (TPSA) is 48.7 Å². The van der Waals surface area contributed by atoms with E-state index in [1.807, 2.05) is 72.8 Å². The zero-order valence-corrected chi connectivity index (χ0v) is 17.9. The van der Waals surface area contributed by atoms with Crippen molar-refractivity contribution in [3.8, 4) is 11.5 Å². The van der Waals surface area contributed by atoms with Gasteiger partial charge in [0, 0.05) is 29.0 Å². The first-order valence-electron chi connectivity index (χ1n) is 10.8. The highest BCUT2D eigenvalue weighted by molar-refractivity contribution is 5.85. The summed E-state index contributed by atoms with van der Waals surface area (Å²) >= 11 is 0. The molecule has 2 aliphatic heterocycles. The average molecular weight is 422 g/mol. The van der Waals surface area contributed by atoms with E-state index < -0.39 is 11.0 Å². The van der Waals surface area contributed by atoms with Gasteiger partial charge in [-0.25, -0.2) is 4.79 Å². The summed E-state index contributed by atoms with van der Waals surface area (Å²) in [4.78, 5) is 13.0. The third-order valence-electron chi connectivity index (χ3n) is 6.42. The standard InChI is InChI=1S/C28H22O4/c1-27(2)17-28(32-25-19-12-6-8-14-21(19)31-26(29)24(25)27)16-23(18-10-4-3-5-11-18)30-22-15-9-7-13-20(22)28/h3-16H,17H2,1-2H3. The zero-order valence-electron chi connectivity index (χ0n) is 17.9. The lowest BCUT2D eigenvalue weighted by molar-refractivity contribution is 0.0541. The Bertz CT molecular complexity index is 1450. The SMILES string of the molecule is CC1(C)CC2(C=C(c3ccccc3)Oc3ccccc32)Oc2c1c(=O)oc1ccccc21. The van der Waals surface area contributed by atoms with Crippen molar-refractivity contribution in [2.45, 2.75) is 31.3 Å². The van der Waals surface area contributed by atoms with Gasteiger partial charge in [0.1, 0.15) is 22.8 Å². The van der Waals surface area contributed by atoms with Crippen LogP contribution in [0.15, 0.2) is 94.2 Å². The van der Waals surface area contributed by atoms with Crippen LogP contribution in [0.1, 0.15) is 37.0 Å². The van der Waals surface area contributed by atoms with Gasteiger partial charge in [0.05, 0.1) is 10.9 Å². The van der Waals surface area contributed by atoms with Crippen molar-refractivity contribution in [1.29, 1.82) is 0 Å². The smallest absolute Gasteiger partial charge is 0.343 e. The van der Waals surface area contributed by atoms with Gasteiger partial charge < -0.3 is 13.9 Å². The molecule has 3 heterocycles. The first-order chi connectivity index (χ1) is 15.5. The summed E-state index contributed by atoms with van der Waals surface area (Å²) in [6, 6.07) is 25.5. The van der Waals surface area contributed by atoms with Crippen LogP contribution in [0.3, 0.4) is 0 Å². The van der Waals surface area contributed by atoms with Crippen LogP contribution in [0.5, 0.6) is 11.5 Å². The molecule has 0 N–H and O–H groups in total. The van der Waals surface area contributed by atoms with Crippen molar-refractivity contribution in [2.24, 2.45) is 0 Å². The maximum absolute atomic E-state index is 13.0. The first-order valence-corrected chi connectivity index (χ1v) is 10.8. The Balaban J connectivity index is 1.65. The van der Waals surface area contributed by atoms with Gasteiger partial charge in [-0.2, -0.15) is 0 Å². The third-order valence-corrected chi connectivity index (χ3v) is 6.42. The predicted octanol–water partition coefficient (Wildman–Crippen LogP) is 6.18. The second kappa shape index (κ2) is 6.60. The Morgan fingerprint density at radius 2 is 1.56 bits per heavy atom. The molecule has 1 atom stereocenters. The van der Waals surface area contributed by atoms with E-state index in [2.05, 4.69) is 19.9 Å². The molecule has 32 heavy (non-hydrogen) atoms. The monoisotopic (exact) mass is 422 g/mol. The van der Waals surface area contributed by atoms with Crippen LogP contribution in [0.2, 0.25) is 0 Å². The molecule has 0 bridgehead atoms. The van der Waals surface area contributed by atoms with Gasteiger partial charge in [-0.3, -0.25) is 0 Å². The summed E-state index contributed by atoms with van der Waals surface area (Å²) in [5.41, 5.74) is 1.43. The number of para-hydroxylation sites is 2. The fourth-order valence-electron chi connectivity index (χ4n) is 5.09. The number of rotatable bonds is 1. The Labute approximate surface area is 185 Å². The van der Waals surface area contributed by atoms with E-state index >= 15 is 0 Å². The van der Waals surface area contributed by atoms with E-state index in [1.165, 1.54) is 0 Å². The van der Waals surface area contributed by atoms with Crippen LogP contribution in [-0.2, 0) is 11.0 Å². The Kier molecular flexibility index (Phi) is 3.91. The van der Waals surface area contributed by atoms with Crippen molar-refractivity contribution < 1.29 is 13.9 Å². The van der Waals surface area contributed by atoms with E-state index in [0.717, 1.165) is 28.0 Å². The Morgan fingerprint density at radius 3 is 2.41 bits per heavy atom. The number of ether oxygens (including phenoxy) is 2. The summed E-state index contributed by atoms with van der Waals surface area (Å²) in [6.45, 7) is 4.16. The predicted molar refractivity (Wildman–Crippen MR) is 124 cm³/mol. The number of hydrogen-bond donors (Lipinski definition) is 0. The van der Waals surface area contributed by atoms with Gasteiger partial charge >= 0.3 is 5.63 Å². The lowest BCUT2D eigenvalue weighted by atomic mass is 9.69. The molecule has 0 aliphatic carbocycles. The molecule has 0 saturated heterocycles. The van der Waals surface area contributed by atoms with Crippen LogP contribution in [0.4, 0.5) is 0 Å². The molecule has 158 valence electrons. The fraction of sp³-hybridized carbons (Fsp3) is 0.179. The third kappa shape index (κ3) is 2.72. The summed E-state index contributed by atoms with van der Waals surface area (Å²) in [6.07, 6.45) is 2.64. The molecule has 6 rings (SSSR count). The minimum Gasteiger partial charge on any atom is -0.477 e. The van der Waals surface area contributed by atoms with E-state index in [9.17, 15) is 4.79 Å². The van der Waals surface area contributed by atoms with Crippen LogP contribution in [0, 0.1) is 0 Å². The van der Waals surface area contributed by atoms with Crippen LogP contribution in [0.25, 0.3) is 16.7 Å². The van der Waals surface area contributed by atoms with Crippen LogP contribution in [-0.4, -0.2) is 0 Å². The average Bonchev–Trinajstić information content (AvgIpc) is 2.79. The molecule has 0 radical (unpaired) electrons.